The standard InChI is InChI=1S/C21H24N2O2S2/c1-13(2)12-26-21-22-19-18(16-9-4-5-10-17(16)27-19)20(24)23(21)14-7-6-8-15(11-14)25-3/h6-8,11,13H,4-5,9-10,12H2,1-3H3. The van der Waals surface area contributed by atoms with Crippen molar-refractivity contribution in [1.82, 2.24) is 9.55 Å². The molecule has 0 N–H and O–H groups in total. The maximum absolute atomic E-state index is 13.6. The summed E-state index contributed by atoms with van der Waals surface area (Å²) < 4.78 is 7.15. The number of aryl methyl sites for hydroxylation is 2. The van der Waals surface area contributed by atoms with Gasteiger partial charge in [0.25, 0.3) is 5.56 Å². The van der Waals surface area contributed by atoms with Crippen LogP contribution in [0.25, 0.3) is 15.9 Å². The molecule has 0 aliphatic heterocycles. The summed E-state index contributed by atoms with van der Waals surface area (Å²) in [6.45, 7) is 4.37. The Balaban J connectivity index is 1.96. The quantitative estimate of drug-likeness (QED) is 0.442. The fraction of sp³-hybridized carbons (Fsp3) is 0.429. The van der Waals surface area contributed by atoms with Crippen molar-refractivity contribution < 1.29 is 4.74 Å². The van der Waals surface area contributed by atoms with Gasteiger partial charge in [0.2, 0.25) is 0 Å². The van der Waals surface area contributed by atoms with Crippen molar-refractivity contribution in [3.8, 4) is 11.4 Å². The predicted octanol–water partition coefficient (Wildman–Crippen LogP) is 5.08. The summed E-state index contributed by atoms with van der Waals surface area (Å²) in [6, 6.07) is 7.68. The molecule has 0 bridgehead atoms. The highest BCUT2D eigenvalue weighted by Gasteiger charge is 2.23. The fourth-order valence-corrected chi connectivity index (χ4v) is 5.77. The molecule has 1 aromatic carbocycles. The summed E-state index contributed by atoms with van der Waals surface area (Å²) in [5.41, 5.74) is 2.10. The van der Waals surface area contributed by atoms with Gasteiger partial charge in [-0.05, 0) is 49.3 Å². The molecular weight excluding hydrogens is 376 g/mol. The van der Waals surface area contributed by atoms with E-state index in [9.17, 15) is 4.79 Å². The van der Waals surface area contributed by atoms with E-state index in [0.717, 1.165) is 51.8 Å². The second-order valence-electron chi connectivity index (χ2n) is 7.33. The van der Waals surface area contributed by atoms with Crippen LogP contribution in [-0.2, 0) is 12.8 Å². The Morgan fingerprint density at radius 3 is 2.89 bits per heavy atom. The highest BCUT2D eigenvalue weighted by atomic mass is 32.2. The van der Waals surface area contributed by atoms with E-state index < -0.39 is 0 Å². The van der Waals surface area contributed by atoms with E-state index in [2.05, 4.69) is 13.8 Å². The monoisotopic (exact) mass is 400 g/mol. The lowest BCUT2D eigenvalue weighted by atomic mass is 9.97. The zero-order valence-corrected chi connectivity index (χ0v) is 17.6. The Bertz CT molecular complexity index is 1040. The molecular formula is C21H24N2O2S2. The molecule has 4 rings (SSSR count). The maximum Gasteiger partial charge on any atom is 0.267 e. The molecule has 0 saturated carbocycles. The van der Waals surface area contributed by atoms with Crippen molar-refractivity contribution in [3.05, 3.63) is 45.1 Å². The molecule has 3 aromatic rings. The second kappa shape index (κ2) is 7.68. The van der Waals surface area contributed by atoms with E-state index in [1.54, 1.807) is 34.8 Å². The van der Waals surface area contributed by atoms with Crippen LogP contribution in [0.1, 0.15) is 37.1 Å². The summed E-state index contributed by atoms with van der Waals surface area (Å²) in [4.78, 5) is 20.8. The zero-order chi connectivity index (χ0) is 19.0. The van der Waals surface area contributed by atoms with Crippen LogP contribution in [0, 0.1) is 5.92 Å². The summed E-state index contributed by atoms with van der Waals surface area (Å²) >= 11 is 3.37. The number of rotatable bonds is 5. The van der Waals surface area contributed by atoms with Gasteiger partial charge in [-0.3, -0.25) is 9.36 Å². The number of nitrogens with zero attached hydrogens (tertiary/aromatic N) is 2. The van der Waals surface area contributed by atoms with Gasteiger partial charge < -0.3 is 4.74 Å². The van der Waals surface area contributed by atoms with Crippen molar-refractivity contribution in [2.45, 2.75) is 44.7 Å². The first-order valence-corrected chi connectivity index (χ1v) is 11.2. The second-order valence-corrected chi connectivity index (χ2v) is 9.40. The Morgan fingerprint density at radius 2 is 2.11 bits per heavy atom. The van der Waals surface area contributed by atoms with Gasteiger partial charge in [-0.1, -0.05) is 31.7 Å². The third-order valence-corrected chi connectivity index (χ3v) is 7.37. The number of fused-ring (bicyclic) bond motifs is 3. The van der Waals surface area contributed by atoms with Crippen LogP contribution < -0.4 is 10.3 Å². The number of thiophene rings is 1. The van der Waals surface area contributed by atoms with E-state index >= 15 is 0 Å². The number of aromatic nitrogens is 2. The van der Waals surface area contributed by atoms with Gasteiger partial charge in [-0.25, -0.2) is 4.98 Å². The van der Waals surface area contributed by atoms with Crippen molar-refractivity contribution in [1.29, 1.82) is 0 Å². The van der Waals surface area contributed by atoms with Crippen molar-refractivity contribution in [3.63, 3.8) is 0 Å². The molecule has 0 spiro atoms. The zero-order valence-electron chi connectivity index (χ0n) is 15.9. The predicted molar refractivity (Wildman–Crippen MR) is 114 cm³/mol. The Morgan fingerprint density at radius 1 is 1.30 bits per heavy atom. The Hall–Kier alpha value is -1.79. The third-order valence-electron chi connectivity index (χ3n) is 4.82. The Labute approximate surface area is 167 Å². The molecule has 0 fully saturated rings. The number of hydrogen-bond donors (Lipinski definition) is 0. The number of hydrogen-bond acceptors (Lipinski definition) is 5. The molecule has 2 aromatic heterocycles. The minimum absolute atomic E-state index is 0.0545. The van der Waals surface area contributed by atoms with Crippen LogP contribution in [0.4, 0.5) is 0 Å². The van der Waals surface area contributed by atoms with E-state index in [-0.39, 0.29) is 5.56 Å². The summed E-state index contributed by atoms with van der Waals surface area (Å²) in [7, 11) is 1.65. The molecule has 0 saturated heterocycles. The van der Waals surface area contributed by atoms with Crippen LogP contribution in [0.5, 0.6) is 5.75 Å². The van der Waals surface area contributed by atoms with E-state index in [1.807, 2.05) is 24.3 Å². The first kappa shape index (κ1) is 18.6. The highest BCUT2D eigenvalue weighted by molar-refractivity contribution is 7.99. The number of thioether (sulfide) groups is 1. The molecule has 4 nitrogen and oxygen atoms in total. The van der Waals surface area contributed by atoms with Gasteiger partial charge in [0.15, 0.2) is 5.16 Å². The summed E-state index contributed by atoms with van der Waals surface area (Å²) in [5.74, 6) is 2.19. The maximum atomic E-state index is 13.6. The highest BCUT2D eigenvalue weighted by Crippen LogP contribution is 2.35. The first-order valence-electron chi connectivity index (χ1n) is 9.43. The van der Waals surface area contributed by atoms with Gasteiger partial charge in [0.1, 0.15) is 10.6 Å². The molecule has 1 aliphatic rings. The van der Waals surface area contributed by atoms with Gasteiger partial charge in [0, 0.05) is 16.7 Å². The van der Waals surface area contributed by atoms with Crippen molar-refractivity contribution in [2.24, 2.45) is 5.92 Å². The molecule has 2 heterocycles. The topological polar surface area (TPSA) is 44.1 Å². The lowest BCUT2D eigenvalue weighted by Crippen LogP contribution is -2.22. The smallest absolute Gasteiger partial charge is 0.267 e. The molecule has 142 valence electrons. The lowest BCUT2D eigenvalue weighted by Gasteiger charge is -2.15. The largest absolute Gasteiger partial charge is 0.497 e. The third kappa shape index (κ3) is 3.52. The van der Waals surface area contributed by atoms with Crippen LogP contribution in [0.2, 0.25) is 0 Å². The molecule has 0 unspecified atom stereocenters. The normalized spacial score (nSPS) is 13.9. The SMILES string of the molecule is COc1cccc(-n2c(SCC(C)C)nc3sc4c(c3c2=O)CCCC4)c1. The van der Waals surface area contributed by atoms with Gasteiger partial charge in [-0.2, -0.15) is 0 Å². The van der Waals surface area contributed by atoms with Gasteiger partial charge in [-0.15, -0.1) is 11.3 Å². The molecule has 1 aliphatic carbocycles. The average molecular weight is 401 g/mol. The van der Waals surface area contributed by atoms with Gasteiger partial charge in [0.05, 0.1) is 18.2 Å². The van der Waals surface area contributed by atoms with Crippen LogP contribution in [0.15, 0.2) is 34.2 Å². The molecule has 0 atom stereocenters. The number of ether oxygens (including phenoxy) is 1. The van der Waals surface area contributed by atoms with E-state index in [0.29, 0.717) is 5.92 Å². The molecule has 0 radical (unpaired) electrons. The fourth-order valence-electron chi connectivity index (χ4n) is 3.50. The molecule has 6 heteroatoms. The minimum Gasteiger partial charge on any atom is -0.497 e. The van der Waals surface area contributed by atoms with Crippen molar-refractivity contribution in [2.75, 3.05) is 12.9 Å². The number of benzene rings is 1. The average Bonchev–Trinajstić information content (AvgIpc) is 3.05. The minimum atomic E-state index is 0.0545. The Kier molecular flexibility index (Phi) is 5.28. The molecule has 27 heavy (non-hydrogen) atoms. The van der Waals surface area contributed by atoms with Crippen molar-refractivity contribution >= 4 is 33.3 Å². The van der Waals surface area contributed by atoms with E-state index in [4.69, 9.17) is 9.72 Å². The summed E-state index contributed by atoms with van der Waals surface area (Å²) in [5, 5.41) is 1.60. The first-order chi connectivity index (χ1) is 13.1. The van der Waals surface area contributed by atoms with Gasteiger partial charge >= 0.3 is 0 Å². The summed E-state index contributed by atoms with van der Waals surface area (Å²) in [6.07, 6.45) is 4.42. The molecule has 0 amide bonds. The van der Waals surface area contributed by atoms with Crippen LogP contribution >= 0.6 is 23.1 Å². The van der Waals surface area contributed by atoms with Crippen LogP contribution in [-0.4, -0.2) is 22.4 Å². The van der Waals surface area contributed by atoms with Crippen LogP contribution in [0.3, 0.4) is 0 Å². The lowest BCUT2D eigenvalue weighted by molar-refractivity contribution is 0.414. The van der Waals surface area contributed by atoms with E-state index in [1.165, 1.54) is 16.9 Å². The number of methoxy groups -OCH3 is 1.